The zero-order valence-electron chi connectivity index (χ0n) is 16.3. The Morgan fingerprint density at radius 2 is 1.31 bits per heavy atom. The molecule has 0 fully saturated rings. The van der Waals surface area contributed by atoms with E-state index in [1.807, 2.05) is 18.2 Å². The van der Waals surface area contributed by atoms with Crippen molar-refractivity contribution >= 4 is 17.4 Å². The number of aliphatic hydroxyl groups is 1. The lowest BCUT2D eigenvalue weighted by Gasteiger charge is -2.10. The summed E-state index contributed by atoms with van der Waals surface area (Å²) in [5.41, 5.74) is 3.80. The molecule has 0 aliphatic rings. The molecule has 0 radical (unpaired) electrons. The number of hydrogen-bond donors (Lipinski definition) is 2. The molecular weight excluding hydrogens is 362 g/mol. The molecule has 0 spiro atoms. The molecule has 0 atom stereocenters. The predicted octanol–water partition coefficient (Wildman–Crippen LogP) is 4.68. The van der Waals surface area contributed by atoms with Crippen LogP contribution in [0.1, 0.15) is 44.7 Å². The number of benzene rings is 3. The summed E-state index contributed by atoms with van der Waals surface area (Å²) in [7, 11) is 0. The molecule has 0 unspecified atom stereocenters. The van der Waals surface area contributed by atoms with E-state index in [1.165, 1.54) is 11.1 Å². The molecule has 29 heavy (non-hydrogen) atoms. The van der Waals surface area contributed by atoms with Gasteiger partial charge in [-0.3, -0.25) is 9.59 Å². The van der Waals surface area contributed by atoms with Gasteiger partial charge in [0, 0.05) is 11.1 Å². The van der Waals surface area contributed by atoms with Crippen molar-refractivity contribution in [3.8, 4) is 0 Å². The fourth-order valence-corrected chi connectivity index (χ4v) is 3.24. The molecular formula is C25H25NO3. The first kappa shape index (κ1) is 20.5. The zero-order valence-corrected chi connectivity index (χ0v) is 16.3. The van der Waals surface area contributed by atoms with E-state index in [4.69, 9.17) is 5.11 Å². The van der Waals surface area contributed by atoms with Crippen molar-refractivity contribution in [1.82, 2.24) is 0 Å². The largest absolute Gasteiger partial charge is 0.388 e. The average Bonchev–Trinajstić information content (AvgIpc) is 2.77. The third-order valence-electron chi connectivity index (χ3n) is 4.86. The molecule has 4 heteroatoms. The predicted molar refractivity (Wildman–Crippen MR) is 115 cm³/mol. The van der Waals surface area contributed by atoms with Gasteiger partial charge in [-0.1, -0.05) is 54.6 Å². The van der Waals surface area contributed by atoms with E-state index in [0.29, 0.717) is 16.8 Å². The smallest absolute Gasteiger partial charge is 0.255 e. The SMILES string of the molecule is O=C(Nc1ccccc1C(=O)CO)c1ccc(CCCCc2ccccc2)cc1. The van der Waals surface area contributed by atoms with E-state index in [1.54, 1.807) is 36.4 Å². The first-order valence-electron chi connectivity index (χ1n) is 9.84. The van der Waals surface area contributed by atoms with Crippen LogP contribution in [0.15, 0.2) is 78.9 Å². The second-order valence-corrected chi connectivity index (χ2v) is 6.97. The Kier molecular flexibility index (Phi) is 7.31. The highest BCUT2D eigenvalue weighted by molar-refractivity contribution is 6.09. The van der Waals surface area contributed by atoms with Crippen molar-refractivity contribution in [2.24, 2.45) is 0 Å². The molecule has 0 saturated heterocycles. The van der Waals surface area contributed by atoms with E-state index in [9.17, 15) is 9.59 Å². The molecule has 2 N–H and O–H groups in total. The van der Waals surface area contributed by atoms with Crippen molar-refractivity contribution in [2.75, 3.05) is 11.9 Å². The van der Waals surface area contributed by atoms with E-state index < -0.39 is 12.4 Å². The van der Waals surface area contributed by atoms with Gasteiger partial charge < -0.3 is 10.4 Å². The molecule has 3 rings (SSSR count). The van der Waals surface area contributed by atoms with Gasteiger partial charge in [-0.2, -0.15) is 0 Å². The zero-order chi connectivity index (χ0) is 20.5. The Balaban J connectivity index is 1.53. The Bertz CT molecular complexity index is 949. The van der Waals surface area contributed by atoms with Crippen molar-refractivity contribution in [2.45, 2.75) is 25.7 Å². The van der Waals surface area contributed by atoms with Crippen LogP contribution in [0, 0.1) is 0 Å². The van der Waals surface area contributed by atoms with Crippen LogP contribution < -0.4 is 5.32 Å². The first-order chi connectivity index (χ1) is 14.2. The molecule has 0 bridgehead atoms. The van der Waals surface area contributed by atoms with E-state index in [2.05, 4.69) is 29.6 Å². The highest BCUT2D eigenvalue weighted by Crippen LogP contribution is 2.17. The molecule has 1 amide bonds. The average molecular weight is 387 g/mol. The van der Waals surface area contributed by atoms with Gasteiger partial charge in [0.1, 0.15) is 6.61 Å². The number of aliphatic hydroxyl groups excluding tert-OH is 1. The highest BCUT2D eigenvalue weighted by atomic mass is 16.3. The number of carbonyl (C=O) groups excluding carboxylic acids is 2. The Morgan fingerprint density at radius 1 is 0.724 bits per heavy atom. The lowest BCUT2D eigenvalue weighted by Crippen LogP contribution is -2.16. The fourth-order valence-electron chi connectivity index (χ4n) is 3.24. The quantitative estimate of drug-likeness (QED) is 0.414. The number of unbranched alkanes of at least 4 members (excludes halogenated alkanes) is 1. The summed E-state index contributed by atoms with van der Waals surface area (Å²) in [5, 5.41) is 11.8. The minimum atomic E-state index is -0.591. The second-order valence-electron chi connectivity index (χ2n) is 6.97. The van der Waals surface area contributed by atoms with Crippen molar-refractivity contribution in [3.63, 3.8) is 0 Å². The van der Waals surface area contributed by atoms with Crippen LogP contribution in [-0.4, -0.2) is 23.4 Å². The first-order valence-corrected chi connectivity index (χ1v) is 9.84. The molecule has 148 valence electrons. The summed E-state index contributed by atoms with van der Waals surface area (Å²) in [6.07, 6.45) is 4.27. The van der Waals surface area contributed by atoms with Crippen LogP contribution >= 0.6 is 0 Å². The molecule has 0 aliphatic carbocycles. The third kappa shape index (κ3) is 5.87. The summed E-state index contributed by atoms with van der Waals surface area (Å²) >= 11 is 0. The normalized spacial score (nSPS) is 10.5. The minimum absolute atomic E-state index is 0.279. The Labute approximate surface area is 171 Å². The summed E-state index contributed by atoms with van der Waals surface area (Å²) in [4.78, 5) is 24.3. The summed E-state index contributed by atoms with van der Waals surface area (Å²) in [6, 6.07) is 24.7. The summed E-state index contributed by atoms with van der Waals surface area (Å²) in [5.74, 6) is -0.703. The number of Topliss-reactive ketones (excluding diaryl/α,β-unsaturated/α-hetero) is 1. The van der Waals surface area contributed by atoms with E-state index >= 15 is 0 Å². The van der Waals surface area contributed by atoms with Crippen LogP contribution in [-0.2, 0) is 12.8 Å². The number of carbonyl (C=O) groups is 2. The molecule has 0 heterocycles. The molecule has 4 nitrogen and oxygen atoms in total. The maximum Gasteiger partial charge on any atom is 0.255 e. The highest BCUT2D eigenvalue weighted by Gasteiger charge is 2.13. The molecule has 0 saturated carbocycles. The van der Waals surface area contributed by atoms with Crippen LogP contribution in [0.3, 0.4) is 0 Å². The number of anilines is 1. The molecule has 3 aromatic carbocycles. The lowest BCUT2D eigenvalue weighted by atomic mass is 10.0. The van der Waals surface area contributed by atoms with Gasteiger partial charge in [0.25, 0.3) is 5.91 Å². The van der Waals surface area contributed by atoms with Gasteiger partial charge in [0.05, 0.1) is 5.69 Å². The lowest BCUT2D eigenvalue weighted by molar-refractivity contribution is 0.0904. The molecule has 3 aromatic rings. The number of ketones is 1. The van der Waals surface area contributed by atoms with Crippen LogP contribution in [0.4, 0.5) is 5.69 Å². The maximum atomic E-state index is 12.5. The fraction of sp³-hybridized carbons (Fsp3) is 0.200. The van der Waals surface area contributed by atoms with Crippen molar-refractivity contribution < 1.29 is 14.7 Å². The summed E-state index contributed by atoms with van der Waals surface area (Å²) in [6.45, 7) is -0.591. The van der Waals surface area contributed by atoms with Crippen molar-refractivity contribution in [1.29, 1.82) is 0 Å². The number of nitrogens with one attached hydrogen (secondary N) is 1. The standard InChI is InChI=1S/C25H25NO3/c27-18-24(28)22-12-6-7-13-23(22)26-25(29)21-16-14-20(15-17-21)11-5-4-10-19-8-2-1-3-9-19/h1-3,6-9,12-17,27H,4-5,10-11,18H2,(H,26,29). The van der Waals surface area contributed by atoms with E-state index in [0.717, 1.165) is 25.7 Å². The number of para-hydroxylation sites is 1. The third-order valence-corrected chi connectivity index (χ3v) is 4.86. The van der Waals surface area contributed by atoms with Crippen LogP contribution in [0.25, 0.3) is 0 Å². The van der Waals surface area contributed by atoms with Gasteiger partial charge >= 0.3 is 0 Å². The number of hydrogen-bond acceptors (Lipinski definition) is 3. The Morgan fingerprint density at radius 3 is 1.97 bits per heavy atom. The van der Waals surface area contributed by atoms with Gasteiger partial charge in [0.15, 0.2) is 5.78 Å². The summed E-state index contributed by atoms with van der Waals surface area (Å²) < 4.78 is 0. The van der Waals surface area contributed by atoms with Gasteiger partial charge in [-0.25, -0.2) is 0 Å². The van der Waals surface area contributed by atoms with Gasteiger partial charge in [-0.15, -0.1) is 0 Å². The topological polar surface area (TPSA) is 66.4 Å². The monoisotopic (exact) mass is 387 g/mol. The van der Waals surface area contributed by atoms with Crippen LogP contribution in [0.2, 0.25) is 0 Å². The molecule has 0 aliphatic heterocycles. The van der Waals surface area contributed by atoms with Gasteiger partial charge in [-0.05, 0) is 61.1 Å². The second kappa shape index (κ2) is 10.3. The van der Waals surface area contributed by atoms with E-state index in [-0.39, 0.29) is 5.91 Å². The van der Waals surface area contributed by atoms with Gasteiger partial charge in [0.2, 0.25) is 0 Å². The maximum absolute atomic E-state index is 12.5. The Hall–Kier alpha value is -3.24. The number of rotatable bonds is 9. The number of amides is 1. The number of aryl methyl sites for hydroxylation is 2. The molecule has 0 aromatic heterocycles. The van der Waals surface area contributed by atoms with Crippen molar-refractivity contribution in [3.05, 3.63) is 101 Å². The van der Waals surface area contributed by atoms with Crippen LogP contribution in [0.5, 0.6) is 0 Å². The minimum Gasteiger partial charge on any atom is -0.388 e.